The number of nitro groups is 1. The first-order valence-electron chi connectivity index (χ1n) is 8.30. The lowest BCUT2D eigenvalue weighted by atomic mass is 9.90. The molecule has 1 aliphatic carbocycles. The molecule has 1 saturated carbocycles. The van der Waals surface area contributed by atoms with E-state index in [-0.39, 0.29) is 23.1 Å². The number of nitrogens with zero attached hydrogens (tertiary/aromatic N) is 1. The molecule has 0 spiro atoms. The summed E-state index contributed by atoms with van der Waals surface area (Å²) in [6, 6.07) is 12.3. The molecule has 4 rings (SSSR count). The van der Waals surface area contributed by atoms with Crippen molar-refractivity contribution in [1.82, 2.24) is 0 Å². The summed E-state index contributed by atoms with van der Waals surface area (Å²) >= 11 is 0. The van der Waals surface area contributed by atoms with Crippen LogP contribution in [-0.2, 0) is 4.74 Å². The predicted molar refractivity (Wildman–Crippen MR) is 90.2 cm³/mol. The minimum Gasteiger partial charge on any atom is -0.489 e. The minimum atomic E-state index is -0.600. The molecule has 2 aromatic rings. The van der Waals surface area contributed by atoms with E-state index in [9.17, 15) is 19.7 Å². The predicted octanol–water partition coefficient (Wildman–Crippen LogP) is 3.17. The Morgan fingerprint density at radius 2 is 1.85 bits per heavy atom. The van der Waals surface area contributed by atoms with E-state index in [2.05, 4.69) is 0 Å². The second kappa shape index (κ2) is 6.25. The van der Waals surface area contributed by atoms with Crippen molar-refractivity contribution in [3.8, 4) is 5.75 Å². The first kappa shape index (κ1) is 16.3. The van der Waals surface area contributed by atoms with Gasteiger partial charge in [-0.25, -0.2) is 4.79 Å². The SMILES string of the molecule is O=C(O[C@@H]1CC[C@H]2Oc3ccccc3C(=O)[C@@H]12)c1ccc([N+](=O)[O-])cc1. The Labute approximate surface area is 148 Å². The van der Waals surface area contributed by atoms with Gasteiger partial charge in [0.15, 0.2) is 5.78 Å². The van der Waals surface area contributed by atoms with E-state index in [0.717, 1.165) is 0 Å². The quantitative estimate of drug-likeness (QED) is 0.478. The first-order valence-corrected chi connectivity index (χ1v) is 8.30. The molecule has 132 valence electrons. The highest BCUT2D eigenvalue weighted by molar-refractivity contribution is 6.02. The number of carbonyl (C=O) groups is 2. The lowest BCUT2D eigenvalue weighted by Gasteiger charge is -2.30. The van der Waals surface area contributed by atoms with Crippen molar-refractivity contribution >= 4 is 17.4 Å². The van der Waals surface area contributed by atoms with E-state index < -0.39 is 22.9 Å². The molecule has 1 aliphatic heterocycles. The van der Waals surface area contributed by atoms with Gasteiger partial charge in [-0.15, -0.1) is 0 Å². The minimum absolute atomic E-state index is 0.0733. The molecular weight excluding hydrogens is 338 g/mol. The maximum Gasteiger partial charge on any atom is 0.338 e. The largest absolute Gasteiger partial charge is 0.489 e. The van der Waals surface area contributed by atoms with Gasteiger partial charge in [0.05, 0.1) is 22.0 Å². The van der Waals surface area contributed by atoms with Crippen LogP contribution in [-0.4, -0.2) is 28.9 Å². The van der Waals surface area contributed by atoms with Crippen molar-refractivity contribution < 1.29 is 24.0 Å². The standard InChI is InChI=1S/C19H15NO6/c21-18-13-3-1-2-4-14(13)25-15-9-10-16(17(15)18)26-19(22)11-5-7-12(8-6-11)20(23)24/h1-8,15-17H,9-10H2/t15-,16-,17-/m1/s1. The number of esters is 1. The highest BCUT2D eigenvalue weighted by Gasteiger charge is 2.48. The Balaban J connectivity index is 1.52. The average molecular weight is 353 g/mol. The number of carbonyl (C=O) groups excluding carboxylic acids is 2. The zero-order chi connectivity index (χ0) is 18.3. The van der Waals surface area contributed by atoms with Gasteiger partial charge < -0.3 is 9.47 Å². The Kier molecular flexibility index (Phi) is 3.91. The van der Waals surface area contributed by atoms with Crippen molar-refractivity contribution in [2.24, 2.45) is 5.92 Å². The number of hydrogen-bond donors (Lipinski definition) is 0. The summed E-state index contributed by atoms with van der Waals surface area (Å²) in [6.45, 7) is 0. The van der Waals surface area contributed by atoms with Crippen LogP contribution in [0.2, 0.25) is 0 Å². The van der Waals surface area contributed by atoms with Crippen molar-refractivity contribution in [3.63, 3.8) is 0 Å². The summed E-state index contributed by atoms with van der Waals surface area (Å²) in [5.41, 5.74) is 0.616. The summed E-state index contributed by atoms with van der Waals surface area (Å²) in [7, 11) is 0. The zero-order valence-corrected chi connectivity index (χ0v) is 13.7. The van der Waals surface area contributed by atoms with Gasteiger partial charge in [-0.3, -0.25) is 14.9 Å². The maximum absolute atomic E-state index is 12.8. The molecule has 2 aromatic carbocycles. The van der Waals surface area contributed by atoms with Crippen LogP contribution < -0.4 is 4.74 Å². The molecule has 0 aromatic heterocycles. The van der Waals surface area contributed by atoms with Gasteiger partial charge in [-0.2, -0.15) is 0 Å². The Morgan fingerprint density at radius 1 is 1.12 bits per heavy atom. The summed E-state index contributed by atoms with van der Waals surface area (Å²) in [5.74, 6) is -0.624. The lowest BCUT2D eigenvalue weighted by Crippen LogP contribution is -2.40. The fourth-order valence-corrected chi connectivity index (χ4v) is 3.57. The van der Waals surface area contributed by atoms with Gasteiger partial charge in [-0.1, -0.05) is 12.1 Å². The molecule has 0 N–H and O–H groups in total. The van der Waals surface area contributed by atoms with Gasteiger partial charge in [0, 0.05) is 12.1 Å². The van der Waals surface area contributed by atoms with E-state index in [1.54, 1.807) is 18.2 Å². The summed E-state index contributed by atoms with van der Waals surface area (Å²) in [5, 5.41) is 10.7. The number of ether oxygens (including phenoxy) is 2. The molecule has 0 bridgehead atoms. The van der Waals surface area contributed by atoms with E-state index in [4.69, 9.17) is 9.47 Å². The van der Waals surface area contributed by atoms with Gasteiger partial charge in [0.25, 0.3) is 5.69 Å². The monoisotopic (exact) mass is 353 g/mol. The topological polar surface area (TPSA) is 95.7 Å². The molecule has 3 atom stereocenters. The number of hydrogen-bond acceptors (Lipinski definition) is 6. The van der Waals surface area contributed by atoms with E-state index in [1.807, 2.05) is 6.07 Å². The molecular formula is C19H15NO6. The van der Waals surface area contributed by atoms with Crippen LogP contribution in [0.15, 0.2) is 48.5 Å². The molecule has 7 nitrogen and oxygen atoms in total. The van der Waals surface area contributed by atoms with E-state index >= 15 is 0 Å². The number of Topliss-reactive ketones (excluding diaryl/α,β-unsaturated/α-hetero) is 1. The third-order valence-corrected chi connectivity index (χ3v) is 4.84. The summed E-state index contributed by atoms with van der Waals surface area (Å²) in [6.07, 6.45) is 0.298. The Bertz CT molecular complexity index is 891. The number of rotatable bonds is 3. The number of nitro benzene ring substituents is 1. The maximum atomic E-state index is 12.8. The molecule has 0 amide bonds. The van der Waals surface area contributed by atoms with Crippen LogP contribution in [0.3, 0.4) is 0 Å². The molecule has 2 aliphatic rings. The van der Waals surface area contributed by atoms with E-state index in [1.165, 1.54) is 24.3 Å². The number of non-ortho nitro benzene ring substituents is 1. The van der Waals surface area contributed by atoms with Gasteiger partial charge in [0.2, 0.25) is 0 Å². The fraction of sp³-hybridized carbons (Fsp3) is 0.263. The molecule has 1 heterocycles. The van der Waals surface area contributed by atoms with Crippen LogP contribution in [0.25, 0.3) is 0 Å². The van der Waals surface area contributed by atoms with E-state index in [0.29, 0.717) is 24.2 Å². The number of benzene rings is 2. The second-order valence-corrected chi connectivity index (χ2v) is 6.37. The Morgan fingerprint density at radius 3 is 2.58 bits per heavy atom. The lowest BCUT2D eigenvalue weighted by molar-refractivity contribution is -0.384. The molecule has 0 saturated heterocycles. The third kappa shape index (κ3) is 2.71. The highest BCUT2D eigenvalue weighted by Crippen LogP contribution is 2.40. The van der Waals surface area contributed by atoms with Crippen molar-refractivity contribution in [2.75, 3.05) is 0 Å². The zero-order valence-electron chi connectivity index (χ0n) is 13.7. The number of fused-ring (bicyclic) bond motifs is 2. The number of para-hydroxylation sites is 1. The Hall–Kier alpha value is -3.22. The molecule has 7 heteroatoms. The van der Waals surface area contributed by atoms with Crippen molar-refractivity contribution in [1.29, 1.82) is 0 Å². The summed E-state index contributed by atoms with van der Waals surface area (Å²) in [4.78, 5) is 35.3. The summed E-state index contributed by atoms with van der Waals surface area (Å²) < 4.78 is 11.4. The van der Waals surface area contributed by atoms with Gasteiger partial charge >= 0.3 is 5.97 Å². The highest BCUT2D eigenvalue weighted by atomic mass is 16.6. The normalized spacial score (nSPS) is 23.5. The number of ketones is 1. The molecule has 1 fully saturated rings. The smallest absolute Gasteiger partial charge is 0.338 e. The van der Waals surface area contributed by atoms with Crippen LogP contribution in [0.1, 0.15) is 33.6 Å². The van der Waals surface area contributed by atoms with Crippen molar-refractivity contribution in [3.05, 3.63) is 69.8 Å². The molecule has 26 heavy (non-hydrogen) atoms. The van der Waals surface area contributed by atoms with Crippen LogP contribution in [0, 0.1) is 16.0 Å². The van der Waals surface area contributed by atoms with Crippen LogP contribution >= 0.6 is 0 Å². The van der Waals surface area contributed by atoms with Gasteiger partial charge in [0.1, 0.15) is 18.0 Å². The first-order chi connectivity index (χ1) is 12.5. The average Bonchev–Trinajstić information content (AvgIpc) is 3.05. The third-order valence-electron chi connectivity index (χ3n) is 4.84. The second-order valence-electron chi connectivity index (χ2n) is 6.37. The van der Waals surface area contributed by atoms with Crippen LogP contribution in [0.4, 0.5) is 5.69 Å². The van der Waals surface area contributed by atoms with Crippen molar-refractivity contribution in [2.45, 2.75) is 25.0 Å². The molecule has 0 unspecified atom stereocenters. The fourth-order valence-electron chi connectivity index (χ4n) is 3.57. The van der Waals surface area contributed by atoms with Gasteiger partial charge in [-0.05, 0) is 37.1 Å². The van der Waals surface area contributed by atoms with Crippen LogP contribution in [0.5, 0.6) is 5.75 Å². The molecule has 0 radical (unpaired) electrons.